The molecule has 1 aliphatic heterocycles. The van der Waals surface area contributed by atoms with E-state index in [0.29, 0.717) is 5.69 Å². The first-order valence-electron chi connectivity index (χ1n) is 6.95. The summed E-state index contributed by atoms with van der Waals surface area (Å²) < 4.78 is 26.8. The van der Waals surface area contributed by atoms with Crippen LogP contribution < -0.4 is 5.46 Å². The van der Waals surface area contributed by atoms with Crippen molar-refractivity contribution >= 4 is 12.6 Å². The molecular weight excluding hydrogens is 270 g/mol. The van der Waals surface area contributed by atoms with E-state index in [1.807, 2.05) is 27.7 Å². The lowest BCUT2D eigenvalue weighted by atomic mass is 9.82. The maximum absolute atomic E-state index is 13.3. The summed E-state index contributed by atoms with van der Waals surface area (Å²) in [6, 6.07) is 6.29. The molecule has 0 unspecified atom stereocenters. The molecule has 1 fully saturated rings. The molecule has 110 valence electrons. The van der Waals surface area contributed by atoms with Gasteiger partial charge in [-0.25, -0.2) is 9.07 Å². The van der Waals surface area contributed by atoms with Gasteiger partial charge in [-0.1, -0.05) is 6.07 Å². The summed E-state index contributed by atoms with van der Waals surface area (Å²) in [7, 11) is -0.461. The van der Waals surface area contributed by atoms with E-state index in [4.69, 9.17) is 9.31 Å². The van der Waals surface area contributed by atoms with E-state index in [1.165, 1.54) is 12.1 Å². The molecule has 1 aliphatic rings. The van der Waals surface area contributed by atoms with Gasteiger partial charge in [0.05, 0.1) is 16.9 Å². The van der Waals surface area contributed by atoms with Crippen molar-refractivity contribution in [3.63, 3.8) is 0 Å². The number of nitrogens with zero attached hydrogens (tertiary/aromatic N) is 2. The van der Waals surface area contributed by atoms with Crippen LogP contribution in [0.3, 0.4) is 0 Å². The maximum Gasteiger partial charge on any atom is 0.498 e. The Morgan fingerprint density at radius 1 is 1.14 bits per heavy atom. The van der Waals surface area contributed by atoms with Crippen LogP contribution in [0, 0.1) is 5.82 Å². The van der Waals surface area contributed by atoms with E-state index in [9.17, 15) is 4.39 Å². The molecule has 3 rings (SSSR count). The van der Waals surface area contributed by atoms with Crippen molar-refractivity contribution in [3.8, 4) is 5.69 Å². The minimum absolute atomic E-state index is 0.291. The van der Waals surface area contributed by atoms with Crippen LogP contribution in [0.1, 0.15) is 27.7 Å². The topological polar surface area (TPSA) is 36.3 Å². The van der Waals surface area contributed by atoms with Gasteiger partial charge in [-0.15, -0.1) is 0 Å². The minimum atomic E-state index is -0.461. The molecule has 2 aromatic rings. The fraction of sp³-hybridized carbons (Fsp3) is 0.400. The largest absolute Gasteiger partial charge is 0.498 e. The van der Waals surface area contributed by atoms with Crippen LogP contribution in [0.25, 0.3) is 5.69 Å². The van der Waals surface area contributed by atoms with Crippen molar-refractivity contribution in [2.45, 2.75) is 38.9 Å². The first-order chi connectivity index (χ1) is 9.78. The Bertz CT molecular complexity index is 653. The summed E-state index contributed by atoms with van der Waals surface area (Å²) in [5.74, 6) is -0.291. The van der Waals surface area contributed by atoms with Gasteiger partial charge in [0.25, 0.3) is 0 Å². The first-order valence-corrected chi connectivity index (χ1v) is 6.95. The monoisotopic (exact) mass is 288 g/mol. The molecular formula is C15H18BFN2O2. The zero-order chi connectivity index (χ0) is 15.3. The standard InChI is InChI=1S/C15H18BFN2O2/c1-14(2)15(3,4)21-16(20-14)11-9-18-19(10-11)13-7-5-6-12(17)8-13/h5-10H,1-4H3. The highest BCUT2D eigenvalue weighted by Crippen LogP contribution is 2.36. The number of aromatic nitrogens is 2. The molecule has 1 aromatic heterocycles. The highest BCUT2D eigenvalue weighted by molar-refractivity contribution is 6.62. The number of rotatable bonds is 2. The average molecular weight is 288 g/mol. The SMILES string of the molecule is CC1(C)OB(c2cnn(-c3cccc(F)c3)c2)OC1(C)C. The molecule has 4 nitrogen and oxygen atoms in total. The van der Waals surface area contributed by atoms with Crippen molar-refractivity contribution in [1.29, 1.82) is 0 Å². The summed E-state index contributed by atoms with van der Waals surface area (Å²) in [5.41, 5.74) is 0.702. The second-order valence-corrected chi connectivity index (χ2v) is 6.29. The molecule has 0 saturated carbocycles. The van der Waals surface area contributed by atoms with Gasteiger partial charge in [-0.05, 0) is 45.9 Å². The summed E-state index contributed by atoms with van der Waals surface area (Å²) >= 11 is 0. The molecule has 0 N–H and O–H groups in total. The van der Waals surface area contributed by atoms with Gasteiger partial charge in [0.15, 0.2) is 0 Å². The van der Waals surface area contributed by atoms with Gasteiger partial charge in [0.2, 0.25) is 0 Å². The van der Waals surface area contributed by atoms with Crippen molar-refractivity contribution in [3.05, 3.63) is 42.5 Å². The second-order valence-electron chi connectivity index (χ2n) is 6.29. The van der Waals surface area contributed by atoms with Crippen LogP contribution in [0.4, 0.5) is 4.39 Å². The van der Waals surface area contributed by atoms with E-state index in [2.05, 4.69) is 5.10 Å². The molecule has 0 amide bonds. The second kappa shape index (κ2) is 4.68. The van der Waals surface area contributed by atoms with Crippen LogP contribution in [0.2, 0.25) is 0 Å². The molecule has 0 atom stereocenters. The Morgan fingerprint density at radius 2 is 1.81 bits per heavy atom. The fourth-order valence-corrected chi connectivity index (χ4v) is 2.20. The van der Waals surface area contributed by atoms with Gasteiger partial charge < -0.3 is 9.31 Å². The quantitative estimate of drug-likeness (QED) is 0.796. The summed E-state index contributed by atoms with van der Waals surface area (Å²) in [4.78, 5) is 0. The molecule has 0 spiro atoms. The first kappa shape index (κ1) is 14.3. The van der Waals surface area contributed by atoms with Gasteiger partial charge in [-0.3, -0.25) is 0 Å². The van der Waals surface area contributed by atoms with Crippen molar-refractivity contribution in [2.24, 2.45) is 0 Å². The molecule has 1 saturated heterocycles. The predicted octanol–water partition coefficient (Wildman–Crippen LogP) is 2.31. The van der Waals surface area contributed by atoms with Crippen LogP contribution in [-0.2, 0) is 9.31 Å². The number of halogens is 1. The zero-order valence-corrected chi connectivity index (χ0v) is 12.6. The molecule has 0 bridgehead atoms. The third-order valence-corrected chi connectivity index (χ3v) is 4.20. The van der Waals surface area contributed by atoms with Crippen LogP contribution >= 0.6 is 0 Å². The Morgan fingerprint density at radius 3 is 2.43 bits per heavy atom. The van der Waals surface area contributed by atoms with Gasteiger partial charge in [-0.2, -0.15) is 5.10 Å². The van der Waals surface area contributed by atoms with E-state index in [1.54, 1.807) is 29.2 Å². The van der Waals surface area contributed by atoms with E-state index in [0.717, 1.165) is 5.46 Å². The van der Waals surface area contributed by atoms with Crippen LogP contribution in [-0.4, -0.2) is 28.1 Å². The molecule has 2 heterocycles. The lowest BCUT2D eigenvalue weighted by Crippen LogP contribution is -2.41. The number of benzene rings is 1. The summed E-state index contributed by atoms with van der Waals surface area (Å²) in [6.45, 7) is 8.02. The van der Waals surface area contributed by atoms with Crippen molar-refractivity contribution < 1.29 is 13.7 Å². The summed E-state index contributed by atoms with van der Waals surface area (Å²) in [6.07, 6.45) is 3.49. The molecule has 21 heavy (non-hydrogen) atoms. The smallest absolute Gasteiger partial charge is 0.399 e. The van der Waals surface area contributed by atoms with Gasteiger partial charge in [0.1, 0.15) is 5.82 Å². The van der Waals surface area contributed by atoms with Crippen LogP contribution in [0.15, 0.2) is 36.7 Å². The molecule has 6 heteroatoms. The Kier molecular flexibility index (Phi) is 3.18. The summed E-state index contributed by atoms with van der Waals surface area (Å²) in [5, 5.41) is 4.26. The number of hydrogen-bond acceptors (Lipinski definition) is 3. The van der Waals surface area contributed by atoms with Gasteiger partial charge >= 0.3 is 7.12 Å². The Labute approximate surface area is 124 Å². The fourth-order valence-electron chi connectivity index (χ4n) is 2.20. The third kappa shape index (κ3) is 2.49. The number of hydrogen-bond donors (Lipinski definition) is 0. The Balaban J connectivity index is 1.87. The third-order valence-electron chi connectivity index (χ3n) is 4.20. The van der Waals surface area contributed by atoms with Gasteiger partial charge in [0, 0.05) is 17.9 Å². The van der Waals surface area contributed by atoms with E-state index < -0.39 is 18.3 Å². The highest BCUT2D eigenvalue weighted by Gasteiger charge is 2.52. The van der Waals surface area contributed by atoms with Crippen molar-refractivity contribution in [1.82, 2.24) is 9.78 Å². The molecule has 0 radical (unpaired) electrons. The Hall–Kier alpha value is -1.66. The zero-order valence-electron chi connectivity index (χ0n) is 12.6. The lowest BCUT2D eigenvalue weighted by Gasteiger charge is -2.32. The predicted molar refractivity (Wildman–Crippen MR) is 79.2 cm³/mol. The minimum Gasteiger partial charge on any atom is -0.399 e. The van der Waals surface area contributed by atoms with E-state index in [-0.39, 0.29) is 5.82 Å². The molecule has 0 aliphatic carbocycles. The van der Waals surface area contributed by atoms with Crippen LogP contribution in [0.5, 0.6) is 0 Å². The normalized spacial score (nSPS) is 20.0. The average Bonchev–Trinajstić information content (AvgIpc) is 2.93. The van der Waals surface area contributed by atoms with Crippen molar-refractivity contribution in [2.75, 3.05) is 0 Å². The maximum atomic E-state index is 13.3. The van der Waals surface area contributed by atoms with E-state index >= 15 is 0 Å². The lowest BCUT2D eigenvalue weighted by molar-refractivity contribution is 0.00578. The molecule has 1 aromatic carbocycles. The highest BCUT2D eigenvalue weighted by atomic mass is 19.1.